The first-order valence-electron chi connectivity index (χ1n) is 5.31. The number of unbranched alkanes of at least 4 members (excludes halogenated alkanes) is 1. The zero-order chi connectivity index (χ0) is 14.5. The second-order valence-electron chi connectivity index (χ2n) is 3.85. The summed E-state index contributed by atoms with van der Waals surface area (Å²) >= 11 is 0. The predicted molar refractivity (Wildman–Crippen MR) is 59.9 cm³/mol. The third-order valence-electron chi connectivity index (χ3n) is 1.92. The molecule has 0 bridgehead atoms. The molecule has 1 nitrogen and oxygen atoms in total. The van der Waals surface area contributed by atoms with Crippen molar-refractivity contribution < 1.29 is 29.7 Å². The number of aryl methyl sites for hydroxylation is 2. The molecule has 0 radical (unpaired) electrons. The van der Waals surface area contributed by atoms with E-state index in [2.05, 4.69) is 42.8 Å². The van der Waals surface area contributed by atoms with Crippen LogP contribution in [0, 0.1) is 6.92 Å². The number of aromatic nitrogens is 1. The van der Waals surface area contributed by atoms with Crippen LogP contribution in [0.5, 0.6) is 0 Å². The summed E-state index contributed by atoms with van der Waals surface area (Å²) in [6.07, 6.45) is 4.68. The van der Waals surface area contributed by atoms with Crippen molar-refractivity contribution in [3.05, 3.63) is 30.1 Å². The molecular weight excluding hydrogens is 279 g/mol. The predicted octanol–water partition coefficient (Wildman–Crippen LogP) is 5.47. The van der Waals surface area contributed by atoms with Gasteiger partial charge < -0.3 is 0 Å². The number of pyridine rings is 1. The number of hydrogen-bond donors (Lipinski definition) is 0. The Morgan fingerprint density at radius 2 is 1.56 bits per heavy atom. The molecule has 108 valence electrons. The number of rotatable bonds is 3. The fourth-order valence-corrected chi connectivity index (χ4v) is 1.14. The Labute approximate surface area is 102 Å². The van der Waals surface area contributed by atoms with Gasteiger partial charge in [0.2, 0.25) is 0 Å². The van der Waals surface area contributed by atoms with Crippen LogP contribution in [-0.4, -0.2) is 0 Å². The van der Waals surface area contributed by atoms with E-state index in [4.69, 9.17) is 0 Å². The van der Waals surface area contributed by atoms with Crippen molar-refractivity contribution in [2.24, 2.45) is 0 Å². The first kappa shape index (κ1) is 17.2. The van der Waals surface area contributed by atoms with Crippen LogP contribution in [0.15, 0.2) is 24.4 Å². The Morgan fingerprint density at radius 3 is 1.94 bits per heavy atom. The molecule has 1 aromatic heterocycles. The van der Waals surface area contributed by atoms with Crippen LogP contribution < -0.4 is 4.57 Å². The Hall–Kier alpha value is -0.840. The number of nitrogens with zero attached hydrogens (tertiary/aromatic N) is 1. The van der Waals surface area contributed by atoms with Gasteiger partial charge in [0, 0.05) is 25.5 Å². The van der Waals surface area contributed by atoms with Gasteiger partial charge in [0.1, 0.15) is 6.54 Å². The van der Waals surface area contributed by atoms with Crippen LogP contribution in [-0.2, 0) is 6.54 Å². The second-order valence-corrected chi connectivity index (χ2v) is 5.76. The molecule has 1 aromatic rings. The third-order valence-corrected chi connectivity index (χ3v) is 1.92. The van der Waals surface area contributed by atoms with E-state index in [0.29, 0.717) is 0 Å². The molecule has 0 amide bonds. The molecule has 0 saturated carbocycles. The molecule has 1 rings (SSSR count). The summed E-state index contributed by atoms with van der Waals surface area (Å²) in [6, 6.07) is 6.32. The van der Waals surface area contributed by atoms with Crippen LogP contribution in [0.4, 0.5) is 25.2 Å². The molecule has 1 heterocycles. The standard InChI is InChI=1S/C10H16N.F6P/c1-3-4-8-11-9-6-5-7-10(11)2;1-7(2,3,4,5)6/h5-7,9H,3-4,8H2,1-2H3;/q+1;-1. The maximum atomic E-state index is 9.87. The van der Waals surface area contributed by atoms with Gasteiger partial charge in [0.15, 0.2) is 11.9 Å². The van der Waals surface area contributed by atoms with Crippen molar-refractivity contribution in [2.45, 2.75) is 33.2 Å². The van der Waals surface area contributed by atoms with Crippen molar-refractivity contribution in [1.29, 1.82) is 0 Å². The SMILES string of the molecule is CCCC[n+]1ccccc1C.F[P-](F)(F)(F)(F)F. The molecular formula is C10H16F6NP. The zero-order valence-electron chi connectivity index (χ0n) is 10.1. The van der Waals surface area contributed by atoms with Gasteiger partial charge in [-0.25, -0.2) is 4.57 Å². The van der Waals surface area contributed by atoms with Gasteiger partial charge in [-0.05, 0) is 0 Å². The van der Waals surface area contributed by atoms with Crippen molar-refractivity contribution >= 4 is 7.81 Å². The van der Waals surface area contributed by atoms with Crippen LogP contribution in [0.1, 0.15) is 25.5 Å². The summed E-state index contributed by atoms with van der Waals surface area (Å²) < 4.78 is 61.5. The Balaban J connectivity index is 0.000000360. The van der Waals surface area contributed by atoms with Crippen LogP contribution in [0.25, 0.3) is 0 Å². The van der Waals surface area contributed by atoms with E-state index in [9.17, 15) is 25.2 Å². The second kappa shape index (κ2) is 5.03. The van der Waals surface area contributed by atoms with Gasteiger partial charge in [-0.1, -0.05) is 19.4 Å². The monoisotopic (exact) mass is 295 g/mol. The normalized spacial score (nSPS) is 15.1. The zero-order valence-corrected chi connectivity index (χ0v) is 11.0. The first-order chi connectivity index (χ1) is 7.79. The van der Waals surface area contributed by atoms with Gasteiger partial charge in [-0.2, -0.15) is 0 Å². The Bertz CT molecular complexity index is 374. The molecule has 0 fully saturated rings. The molecule has 0 spiro atoms. The van der Waals surface area contributed by atoms with E-state index in [0.717, 1.165) is 6.54 Å². The number of halogens is 6. The third kappa shape index (κ3) is 15.2. The molecule has 8 heteroatoms. The average molecular weight is 295 g/mol. The molecule has 0 N–H and O–H groups in total. The van der Waals surface area contributed by atoms with Crippen molar-refractivity contribution in [3.8, 4) is 0 Å². The van der Waals surface area contributed by atoms with Crippen LogP contribution in [0.2, 0.25) is 0 Å². The molecule has 0 aliphatic carbocycles. The summed E-state index contributed by atoms with van der Waals surface area (Å²) in [4.78, 5) is 0. The fraction of sp³-hybridized carbons (Fsp3) is 0.500. The van der Waals surface area contributed by atoms with E-state index in [1.807, 2.05) is 0 Å². The maximum absolute atomic E-state index is 10.7. The molecule has 0 unspecified atom stereocenters. The minimum atomic E-state index is -10.7. The number of hydrogen-bond acceptors (Lipinski definition) is 0. The van der Waals surface area contributed by atoms with Gasteiger partial charge in [-0.15, -0.1) is 0 Å². The summed E-state index contributed by atoms with van der Waals surface area (Å²) in [5.74, 6) is 0. The average Bonchev–Trinajstić information content (AvgIpc) is 2.12. The van der Waals surface area contributed by atoms with Crippen molar-refractivity contribution in [3.63, 3.8) is 0 Å². The Morgan fingerprint density at radius 1 is 1.06 bits per heavy atom. The van der Waals surface area contributed by atoms with E-state index >= 15 is 0 Å². The van der Waals surface area contributed by atoms with E-state index in [1.54, 1.807) is 0 Å². The molecule has 0 aliphatic rings. The summed E-state index contributed by atoms with van der Waals surface area (Å²) in [6.45, 7) is 5.53. The molecule has 0 saturated heterocycles. The van der Waals surface area contributed by atoms with E-state index in [-0.39, 0.29) is 0 Å². The van der Waals surface area contributed by atoms with Crippen LogP contribution >= 0.6 is 7.81 Å². The first-order valence-corrected chi connectivity index (χ1v) is 7.34. The summed E-state index contributed by atoms with van der Waals surface area (Å²) in [5, 5.41) is 0. The minimum absolute atomic E-state index is 1.16. The van der Waals surface area contributed by atoms with Gasteiger partial charge >= 0.3 is 33.0 Å². The molecule has 0 aromatic carbocycles. The topological polar surface area (TPSA) is 3.88 Å². The van der Waals surface area contributed by atoms with Gasteiger partial charge in [0.05, 0.1) is 0 Å². The van der Waals surface area contributed by atoms with Crippen LogP contribution in [0.3, 0.4) is 0 Å². The molecule has 0 atom stereocenters. The van der Waals surface area contributed by atoms with E-state index in [1.165, 1.54) is 18.5 Å². The molecule has 18 heavy (non-hydrogen) atoms. The summed E-state index contributed by atoms with van der Waals surface area (Å²) in [5.41, 5.74) is 1.35. The summed E-state index contributed by atoms with van der Waals surface area (Å²) in [7, 11) is -10.7. The molecule has 0 aliphatic heterocycles. The van der Waals surface area contributed by atoms with Gasteiger partial charge in [-0.3, -0.25) is 0 Å². The van der Waals surface area contributed by atoms with E-state index < -0.39 is 7.81 Å². The van der Waals surface area contributed by atoms with Crippen molar-refractivity contribution in [2.75, 3.05) is 0 Å². The quantitative estimate of drug-likeness (QED) is 0.396. The Kier molecular flexibility index (Phi) is 4.80. The fourth-order valence-electron chi connectivity index (χ4n) is 1.14. The van der Waals surface area contributed by atoms with Gasteiger partial charge in [0.25, 0.3) is 0 Å². The van der Waals surface area contributed by atoms with Crippen molar-refractivity contribution in [1.82, 2.24) is 0 Å².